The summed E-state index contributed by atoms with van der Waals surface area (Å²) in [5.74, 6) is -0.448. The molecule has 20 heavy (non-hydrogen) atoms. The van der Waals surface area contributed by atoms with Crippen molar-refractivity contribution < 1.29 is 14.4 Å². The second kappa shape index (κ2) is 7.65. The van der Waals surface area contributed by atoms with Gasteiger partial charge in [-0.25, -0.2) is 5.06 Å². The summed E-state index contributed by atoms with van der Waals surface area (Å²) in [7, 11) is 2.95. The molecule has 0 aliphatic carbocycles. The molecule has 5 nitrogen and oxygen atoms in total. The average molecular weight is 278 g/mol. The molecule has 1 unspecified atom stereocenters. The minimum absolute atomic E-state index is 0.0141. The van der Waals surface area contributed by atoms with Gasteiger partial charge in [0.15, 0.2) is 0 Å². The number of hydrogen-bond acceptors (Lipinski definition) is 3. The molecule has 5 heteroatoms. The molecule has 0 heterocycles. The predicted molar refractivity (Wildman–Crippen MR) is 76.7 cm³/mol. The Morgan fingerprint density at radius 2 is 1.85 bits per heavy atom. The van der Waals surface area contributed by atoms with Gasteiger partial charge in [0.2, 0.25) is 5.91 Å². The summed E-state index contributed by atoms with van der Waals surface area (Å²) in [4.78, 5) is 29.0. The highest BCUT2D eigenvalue weighted by molar-refractivity contribution is 5.88. The van der Waals surface area contributed by atoms with E-state index in [0.29, 0.717) is 0 Å². The molecule has 0 spiro atoms. The average Bonchev–Trinajstić information content (AvgIpc) is 2.44. The number of likely N-dealkylation sites (N-methyl/N-ethyl adjacent to an activating group) is 1. The largest absolute Gasteiger partial charge is 0.344 e. The minimum atomic E-state index is -0.587. The molecule has 0 bridgehead atoms. The molecule has 0 saturated heterocycles. The lowest BCUT2D eigenvalue weighted by atomic mass is 10.0. The topological polar surface area (TPSA) is 58.6 Å². The lowest BCUT2D eigenvalue weighted by Crippen LogP contribution is -2.50. The van der Waals surface area contributed by atoms with Crippen molar-refractivity contribution in [3.63, 3.8) is 0 Å². The lowest BCUT2D eigenvalue weighted by molar-refractivity contribution is -0.172. The first-order valence-corrected chi connectivity index (χ1v) is 6.60. The van der Waals surface area contributed by atoms with Crippen molar-refractivity contribution in [2.24, 2.45) is 5.92 Å². The summed E-state index contributed by atoms with van der Waals surface area (Å²) in [6, 6.07) is 8.84. The second-order valence-electron chi connectivity index (χ2n) is 4.97. The Hall–Kier alpha value is -1.88. The Balaban J connectivity index is 2.66. The van der Waals surface area contributed by atoms with Gasteiger partial charge in [-0.3, -0.25) is 14.4 Å². The molecule has 0 aliphatic rings. The van der Waals surface area contributed by atoms with Gasteiger partial charge in [-0.15, -0.1) is 0 Å². The summed E-state index contributed by atoms with van der Waals surface area (Å²) in [5, 5.41) is 3.90. The molecule has 1 aromatic carbocycles. The van der Waals surface area contributed by atoms with Crippen molar-refractivity contribution in [2.45, 2.75) is 26.3 Å². The first kappa shape index (κ1) is 16.2. The normalized spacial score (nSPS) is 12.1. The molecule has 1 N–H and O–H groups in total. The van der Waals surface area contributed by atoms with Crippen LogP contribution in [0.2, 0.25) is 0 Å². The highest BCUT2D eigenvalue weighted by Gasteiger charge is 2.27. The number of amides is 2. The van der Waals surface area contributed by atoms with E-state index in [9.17, 15) is 9.59 Å². The molecular weight excluding hydrogens is 256 g/mol. The molecule has 1 atom stereocenters. The second-order valence-corrected chi connectivity index (χ2v) is 4.97. The third-order valence-electron chi connectivity index (χ3n) is 3.04. The van der Waals surface area contributed by atoms with Crippen molar-refractivity contribution in [2.75, 3.05) is 14.2 Å². The van der Waals surface area contributed by atoms with Crippen LogP contribution in [0.5, 0.6) is 0 Å². The Morgan fingerprint density at radius 3 is 2.35 bits per heavy atom. The first-order chi connectivity index (χ1) is 9.45. The zero-order valence-corrected chi connectivity index (χ0v) is 12.4. The van der Waals surface area contributed by atoms with E-state index < -0.39 is 6.04 Å². The highest BCUT2D eigenvalue weighted by atomic mass is 16.7. The van der Waals surface area contributed by atoms with Crippen LogP contribution in [0.25, 0.3) is 0 Å². The van der Waals surface area contributed by atoms with E-state index in [1.165, 1.54) is 14.2 Å². The number of nitrogens with zero attached hydrogens (tertiary/aromatic N) is 1. The van der Waals surface area contributed by atoms with Crippen LogP contribution in [-0.2, 0) is 20.8 Å². The van der Waals surface area contributed by atoms with E-state index in [4.69, 9.17) is 4.84 Å². The third kappa shape index (κ3) is 4.66. The first-order valence-electron chi connectivity index (χ1n) is 6.60. The fraction of sp³-hybridized carbons (Fsp3) is 0.467. The predicted octanol–water partition coefficient (Wildman–Crippen LogP) is 1.39. The summed E-state index contributed by atoms with van der Waals surface area (Å²) in [6.45, 7) is 3.77. The molecule has 1 rings (SSSR count). The van der Waals surface area contributed by atoms with E-state index in [1.54, 1.807) is 0 Å². The number of benzene rings is 1. The Labute approximate surface area is 119 Å². The van der Waals surface area contributed by atoms with Crippen LogP contribution in [0.15, 0.2) is 30.3 Å². The molecule has 0 radical (unpaired) electrons. The molecule has 2 amide bonds. The van der Waals surface area contributed by atoms with Gasteiger partial charge in [0, 0.05) is 7.05 Å². The number of nitrogens with one attached hydrogen (secondary N) is 1. The zero-order valence-electron chi connectivity index (χ0n) is 12.4. The van der Waals surface area contributed by atoms with Gasteiger partial charge in [0.05, 0.1) is 13.5 Å². The fourth-order valence-electron chi connectivity index (χ4n) is 1.81. The molecule has 0 fully saturated rings. The monoisotopic (exact) mass is 278 g/mol. The molecule has 0 saturated carbocycles. The summed E-state index contributed by atoms with van der Waals surface area (Å²) >= 11 is 0. The van der Waals surface area contributed by atoms with Gasteiger partial charge in [-0.2, -0.15) is 0 Å². The Morgan fingerprint density at radius 1 is 1.25 bits per heavy atom. The zero-order chi connectivity index (χ0) is 15.1. The van der Waals surface area contributed by atoms with Crippen LogP contribution < -0.4 is 5.32 Å². The highest BCUT2D eigenvalue weighted by Crippen LogP contribution is 2.07. The fourth-order valence-corrected chi connectivity index (χ4v) is 1.81. The maximum atomic E-state index is 12.1. The van der Waals surface area contributed by atoms with Gasteiger partial charge in [-0.1, -0.05) is 44.2 Å². The van der Waals surface area contributed by atoms with Crippen LogP contribution in [0.1, 0.15) is 19.4 Å². The van der Waals surface area contributed by atoms with Gasteiger partial charge >= 0.3 is 0 Å². The van der Waals surface area contributed by atoms with E-state index in [2.05, 4.69) is 5.32 Å². The summed E-state index contributed by atoms with van der Waals surface area (Å²) in [6.07, 6.45) is 0.258. The minimum Gasteiger partial charge on any atom is -0.344 e. The van der Waals surface area contributed by atoms with Gasteiger partial charge < -0.3 is 5.32 Å². The van der Waals surface area contributed by atoms with E-state index in [-0.39, 0.29) is 24.2 Å². The SMILES string of the molecule is CON(C)C(=O)C(NC(=O)Cc1ccccc1)C(C)C. The van der Waals surface area contributed by atoms with E-state index in [0.717, 1.165) is 10.6 Å². The third-order valence-corrected chi connectivity index (χ3v) is 3.04. The molecular formula is C15H22N2O3. The van der Waals surface area contributed by atoms with Crippen LogP contribution in [0, 0.1) is 5.92 Å². The van der Waals surface area contributed by atoms with Crippen LogP contribution in [0.4, 0.5) is 0 Å². The number of hydroxylamine groups is 2. The van der Waals surface area contributed by atoms with E-state index >= 15 is 0 Å². The quantitative estimate of drug-likeness (QED) is 0.800. The van der Waals surface area contributed by atoms with Crippen LogP contribution >= 0.6 is 0 Å². The maximum absolute atomic E-state index is 12.1. The summed E-state index contributed by atoms with van der Waals surface area (Å²) in [5.41, 5.74) is 0.917. The number of rotatable bonds is 6. The van der Waals surface area contributed by atoms with Crippen molar-refractivity contribution in [1.82, 2.24) is 10.4 Å². The van der Waals surface area contributed by atoms with Gasteiger partial charge in [-0.05, 0) is 11.5 Å². The van der Waals surface area contributed by atoms with Crippen molar-refractivity contribution >= 4 is 11.8 Å². The Kier molecular flexibility index (Phi) is 6.18. The molecule has 1 aromatic rings. The number of carbonyl (C=O) groups is 2. The maximum Gasteiger partial charge on any atom is 0.268 e. The van der Waals surface area contributed by atoms with Gasteiger partial charge in [0.25, 0.3) is 5.91 Å². The van der Waals surface area contributed by atoms with Crippen molar-refractivity contribution in [1.29, 1.82) is 0 Å². The smallest absolute Gasteiger partial charge is 0.268 e. The molecule has 0 aromatic heterocycles. The number of carbonyl (C=O) groups excluding carboxylic acids is 2. The summed E-state index contributed by atoms with van der Waals surface area (Å²) < 4.78 is 0. The Bertz CT molecular complexity index is 446. The van der Waals surface area contributed by atoms with E-state index in [1.807, 2.05) is 44.2 Å². The number of hydrogen-bond donors (Lipinski definition) is 1. The van der Waals surface area contributed by atoms with Crippen LogP contribution in [-0.4, -0.2) is 37.1 Å². The van der Waals surface area contributed by atoms with Crippen molar-refractivity contribution in [3.05, 3.63) is 35.9 Å². The lowest BCUT2D eigenvalue weighted by Gasteiger charge is -2.25. The standard InChI is InChI=1S/C15H22N2O3/c1-11(2)14(15(19)17(3)20-4)16-13(18)10-12-8-6-5-7-9-12/h5-9,11,14H,10H2,1-4H3,(H,16,18). The van der Waals surface area contributed by atoms with Crippen molar-refractivity contribution in [3.8, 4) is 0 Å². The van der Waals surface area contributed by atoms with Gasteiger partial charge in [0.1, 0.15) is 6.04 Å². The van der Waals surface area contributed by atoms with Crippen LogP contribution in [0.3, 0.4) is 0 Å². The molecule has 110 valence electrons. The molecule has 0 aliphatic heterocycles.